The third kappa shape index (κ3) is 4.98. The Hall–Kier alpha value is -1.54. The molecule has 1 fully saturated rings. The Bertz CT molecular complexity index is 664. The Labute approximate surface area is 150 Å². The van der Waals surface area contributed by atoms with Crippen LogP contribution >= 0.6 is 23.4 Å². The first kappa shape index (κ1) is 17.3. The van der Waals surface area contributed by atoms with Gasteiger partial charge in [0.25, 0.3) is 0 Å². The molecule has 2 aromatic rings. The van der Waals surface area contributed by atoms with E-state index < -0.39 is 0 Å². The van der Waals surface area contributed by atoms with Gasteiger partial charge in [-0.05, 0) is 24.3 Å². The number of nitrogens with two attached hydrogens (primary N) is 1. The van der Waals surface area contributed by atoms with Gasteiger partial charge in [0.15, 0.2) is 0 Å². The zero-order valence-corrected chi connectivity index (χ0v) is 14.8. The summed E-state index contributed by atoms with van der Waals surface area (Å²) in [7, 11) is 0. The number of ether oxygens (including phenoxy) is 1. The number of nitrogens with zero attached hydrogens (tertiary/aromatic N) is 3. The molecule has 0 aliphatic carbocycles. The van der Waals surface area contributed by atoms with Crippen LogP contribution in [0.4, 0.5) is 11.8 Å². The van der Waals surface area contributed by atoms with Gasteiger partial charge in [-0.2, -0.15) is 4.98 Å². The van der Waals surface area contributed by atoms with Crippen molar-refractivity contribution in [3.8, 4) is 0 Å². The third-order valence-electron chi connectivity index (χ3n) is 3.64. The molecular weight excluding hydrogens is 346 g/mol. The second kappa shape index (κ2) is 8.53. The predicted molar refractivity (Wildman–Crippen MR) is 97.8 cm³/mol. The summed E-state index contributed by atoms with van der Waals surface area (Å²) in [5.74, 6) is 1.03. The van der Waals surface area contributed by atoms with Crippen LogP contribution in [0.2, 0.25) is 5.02 Å². The number of rotatable bonds is 6. The first-order valence-electron chi connectivity index (χ1n) is 7.80. The van der Waals surface area contributed by atoms with Crippen LogP contribution in [-0.4, -0.2) is 54.3 Å². The van der Waals surface area contributed by atoms with E-state index in [2.05, 4.69) is 20.2 Å². The molecule has 0 bridgehead atoms. The lowest BCUT2D eigenvalue weighted by molar-refractivity contribution is 0.0398. The van der Waals surface area contributed by atoms with E-state index in [1.807, 2.05) is 24.3 Å². The van der Waals surface area contributed by atoms with Gasteiger partial charge in [-0.25, -0.2) is 4.98 Å². The van der Waals surface area contributed by atoms with Gasteiger partial charge in [-0.1, -0.05) is 23.4 Å². The van der Waals surface area contributed by atoms with Crippen LogP contribution in [-0.2, 0) is 4.74 Å². The molecule has 3 N–H and O–H groups in total. The van der Waals surface area contributed by atoms with E-state index in [4.69, 9.17) is 22.1 Å². The minimum absolute atomic E-state index is 0.268. The summed E-state index contributed by atoms with van der Waals surface area (Å²) >= 11 is 7.52. The third-order valence-corrected chi connectivity index (χ3v) is 4.92. The number of aromatic nitrogens is 2. The van der Waals surface area contributed by atoms with Crippen LogP contribution in [0, 0.1) is 0 Å². The number of hydrogen-bond donors (Lipinski definition) is 2. The topological polar surface area (TPSA) is 76.3 Å². The lowest BCUT2D eigenvalue weighted by Gasteiger charge is -2.26. The Kier molecular flexibility index (Phi) is 6.14. The summed E-state index contributed by atoms with van der Waals surface area (Å²) in [6.07, 6.45) is 1.75. The van der Waals surface area contributed by atoms with Crippen molar-refractivity contribution >= 4 is 35.1 Å². The first-order valence-corrected chi connectivity index (χ1v) is 9.00. The fourth-order valence-corrected chi connectivity index (χ4v) is 3.34. The molecular formula is C16H20ClN5OS. The monoisotopic (exact) mass is 365 g/mol. The maximum Gasteiger partial charge on any atom is 0.221 e. The summed E-state index contributed by atoms with van der Waals surface area (Å²) in [5.41, 5.74) is 5.74. The molecule has 0 spiro atoms. The van der Waals surface area contributed by atoms with Crippen molar-refractivity contribution in [1.29, 1.82) is 0 Å². The molecule has 128 valence electrons. The number of morpholine rings is 1. The first-order chi connectivity index (χ1) is 11.7. The summed E-state index contributed by atoms with van der Waals surface area (Å²) in [6.45, 7) is 5.29. The van der Waals surface area contributed by atoms with Crippen LogP contribution < -0.4 is 11.1 Å². The molecule has 0 amide bonds. The number of nitrogens with one attached hydrogen (secondary N) is 1. The fraction of sp³-hybridized carbons (Fsp3) is 0.375. The van der Waals surface area contributed by atoms with E-state index >= 15 is 0 Å². The highest BCUT2D eigenvalue weighted by atomic mass is 35.5. The van der Waals surface area contributed by atoms with Crippen LogP contribution in [0.25, 0.3) is 0 Å². The highest BCUT2D eigenvalue weighted by Gasteiger charge is 2.11. The van der Waals surface area contributed by atoms with Crippen molar-refractivity contribution in [2.45, 2.75) is 9.79 Å². The molecule has 0 radical (unpaired) electrons. The molecule has 6 nitrogen and oxygen atoms in total. The van der Waals surface area contributed by atoms with Crippen LogP contribution in [0.3, 0.4) is 0 Å². The van der Waals surface area contributed by atoms with E-state index in [9.17, 15) is 0 Å². The molecule has 1 saturated heterocycles. The van der Waals surface area contributed by atoms with Gasteiger partial charge >= 0.3 is 0 Å². The van der Waals surface area contributed by atoms with E-state index in [0.717, 1.165) is 60.0 Å². The Morgan fingerprint density at radius 1 is 1.25 bits per heavy atom. The summed E-state index contributed by atoms with van der Waals surface area (Å²) in [5, 5.41) is 4.09. The van der Waals surface area contributed by atoms with Gasteiger partial charge in [-0.15, -0.1) is 0 Å². The highest BCUT2D eigenvalue weighted by molar-refractivity contribution is 7.99. The predicted octanol–water partition coefficient (Wildman–Crippen LogP) is 2.61. The van der Waals surface area contributed by atoms with E-state index in [1.54, 1.807) is 18.0 Å². The molecule has 3 rings (SSSR count). The maximum absolute atomic E-state index is 5.93. The molecule has 0 unspecified atom stereocenters. The minimum atomic E-state index is 0.268. The zero-order chi connectivity index (χ0) is 16.8. The van der Waals surface area contributed by atoms with Gasteiger partial charge in [0.05, 0.1) is 18.1 Å². The van der Waals surface area contributed by atoms with Gasteiger partial charge < -0.3 is 15.8 Å². The lowest BCUT2D eigenvalue weighted by Crippen LogP contribution is -2.39. The summed E-state index contributed by atoms with van der Waals surface area (Å²) in [6, 6.07) is 7.68. The smallest absolute Gasteiger partial charge is 0.221 e. The molecule has 24 heavy (non-hydrogen) atoms. The second-order valence-electron chi connectivity index (χ2n) is 5.38. The van der Waals surface area contributed by atoms with E-state index in [-0.39, 0.29) is 5.95 Å². The Morgan fingerprint density at radius 3 is 2.75 bits per heavy atom. The Morgan fingerprint density at radius 2 is 2.00 bits per heavy atom. The standard InChI is InChI=1S/C16H20ClN5OS/c17-12-1-3-13(4-2-12)24-14-11-20-16(18)21-15(14)19-5-6-22-7-9-23-10-8-22/h1-4,11H,5-10H2,(H3,18,19,20,21). The molecule has 1 aromatic heterocycles. The number of nitrogen functional groups attached to an aromatic ring is 1. The molecule has 1 aromatic carbocycles. The van der Waals surface area contributed by atoms with Gasteiger partial charge in [-0.3, -0.25) is 4.90 Å². The maximum atomic E-state index is 5.93. The van der Waals surface area contributed by atoms with Gasteiger partial charge in [0, 0.05) is 42.3 Å². The number of anilines is 2. The summed E-state index contributed by atoms with van der Waals surface area (Å²) < 4.78 is 5.36. The van der Waals surface area contributed by atoms with Gasteiger partial charge in [0.1, 0.15) is 5.82 Å². The van der Waals surface area contributed by atoms with Crippen molar-refractivity contribution in [3.05, 3.63) is 35.5 Å². The van der Waals surface area contributed by atoms with Crippen molar-refractivity contribution in [1.82, 2.24) is 14.9 Å². The Balaban J connectivity index is 1.62. The van der Waals surface area contributed by atoms with Crippen LogP contribution in [0.15, 0.2) is 40.3 Å². The number of benzene rings is 1. The molecule has 0 atom stereocenters. The van der Waals surface area contributed by atoms with E-state index in [1.165, 1.54) is 0 Å². The normalized spacial score (nSPS) is 15.4. The van der Waals surface area contributed by atoms with Crippen molar-refractivity contribution in [2.24, 2.45) is 0 Å². The van der Waals surface area contributed by atoms with Crippen molar-refractivity contribution in [3.63, 3.8) is 0 Å². The molecule has 1 aliphatic rings. The van der Waals surface area contributed by atoms with E-state index in [0.29, 0.717) is 0 Å². The number of hydrogen-bond acceptors (Lipinski definition) is 7. The molecule has 8 heteroatoms. The minimum Gasteiger partial charge on any atom is -0.379 e. The largest absolute Gasteiger partial charge is 0.379 e. The SMILES string of the molecule is Nc1ncc(Sc2ccc(Cl)cc2)c(NCCN2CCOCC2)n1. The average molecular weight is 366 g/mol. The highest BCUT2D eigenvalue weighted by Crippen LogP contribution is 2.32. The average Bonchev–Trinajstić information content (AvgIpc) is 2.60. The summed E-state index contributed by atoms with van der Waals surface area (Å²) in [4.78, 5) is 12.8. The van der Waals surface area contributed by atoms with Crippen LogP contribution in [0.5, 0.6) is 0 Å². The van der Waals surface area contributed by atoms with Crippen molar-refractivity contribution < 1.29 is 4.74 Å². The molecule has 2 heterocycles. The van der Waals surface area contributed by atoms with Crippen molar-refractivity contribution in [2.75, 3.05) is 50.4 Å². The fourth-order valence-electron chi connectivity index (χ4n) is 2.37. The van der Waals surface area contributed by atoms with Gasteiger partial charge in [0.2, 0.25) is 5.95 Å². The second-order valence-corrected chi connectivity index (χ2v) is 6.93. The molecule has 0 saturated carbocycles. The van der Waals surface area contributed by atoms with Crippen LogP contribution in [0.1, 0.15) is 0 Å². The molecule has 1 aliphatic heterocycles. The lowest BCUT2D eigenvalue weighted by atomic mass is 10.4. The zero-order valence-electron chi connectivity index (χ0n) is 13.2. The quantitative estimate of drug-likeness (QED) is 0.814. The number of halogens is 1.